The van der Waals surface area contributed by atoms with Crippen LogP contribution in [0.1, 0.15) is 5.56 Å². The first-order valence-electron chi connectivity index (χ1n) is 4.61. The second-order valence-corrected chi connectivity index (χ2v) is 4.38. The van der Waals surface area contributed by atoms with Crippen LogP contribution < -0.4 is 5.73 Å². The van der Waals surface area contributed by atoms with Crippen molar-refractivity contribution in [3.8, 4) is 11.4 Å². The molecule has 0 fully saturated rings. The van der Waals surface area contributed by atoms with Crippen LogP contribution in [0.3, 0.4) is 0 Å². The van der Waals surface area contributed by atoms with Crippen molar-refractivity contribution in [2.45, 2.75) is 6.92 Å². The molecule has 0 aromatic carbocycles. The fraction of sp³-hybridized carbons (Fsp3) is 0.200. The van der Waals surface area contributed by atoms with Crippen LogP contribution in [0.15, 0.2) is 16.7 Å². The maximum atomic E-state index is 13.7. The molecule has 0 radical (unpaired) electrons. The van der Waals surface area contributed by atoms with Crippen LogP contribution in [0.2, 0.25) is 0 Å². The molecule has 0 aliphatic heterocycles. The normalized spacial score (nSPS) is 10.8. The van der Waals surface area contributed by atoms with Crippen molar-refractivity contribution in [1.29, 1.82) is 0 Å². The average Bonchev–Trinajstić information content (AvgIpc) is 2.46. The molecule has 84 valence electrons. The highest BCUT2D eigenvalue weighted by atomic mass is 79.9. The van der Waals surface area contributed by atoms with Gasteiger partial charge in [0, 0.05) is 23.3 Å². The Morgan fingerprint density at radius 3 is 2.62 bits per heavy atom. The molecule has 0 atom stereocenters. The Kier molecular flexibility index (Phi) is 2.67. The smallest absolute Gasteiger partial charge is 0.152 e. The van der Waals surface area contributed by atoms with E-state index in [2.05, 4.69) is 26.0 Å². The van der Waals surface area contributed by atoms with Gasteiger partial charge >= 0.3 is 0 Å². The van der Waals surface area contributed by atoms with Crippen molar-refractivity contribution < 1.29 is 4.39 Å². The lowest BCUT2D eigenvalue weighted by molar-refractivity contribution is 0.623. The highest BCUT2D eigenvalue weighted by Gasteiger charge is 2.16. The van der Waals surface area contributed by atoms with Crippen molar-refractivity contribution in [2.24, 2.45) is 7.05 Å². The Bertz CT molecular complexity index is 550. The molecule has 2 N–H and O–H groups in total. The third-order valence-corrected chi connectivity index (χ3v) is 2.80. The summed E-state index contributed by atoms with van der Waals surface area (Å²) in [4.78, 5) is 4.01. The minimum atomic E-state index is -0.421. The molecule has 0 saturated carbocycles. The maximum Gasteiger partial charge on any atom is 0.152 e. The quantitative estimate of drug-likeness (QED) is 0.874. The summed E-state index contributed by atoms with van der Waals surface area (Å²) in [6, 6.07) is 1.35. The van der Waals surface area contributed by atoms with E-state index in [-0.39, 0.29) is 5.69 Å². The number of hydrogen-bond donors (Lipinski definition) is 1. The fourth-order valence-corrected chi connectivity index (χ4v) is 1.76. The van der Waals surface area contributed by atoms with E-state index in [9.17, 15) is 4.39 Å². The summed E-state index contributed by atoms with van der Waals surface area (Å²) >= 11 is 3.15. The van der Waals surface area contributed by atoms with Gasteiger partial charge in [-0.05, 0) is 28.9 Å². The zero-order chi connectivity index (χ0) is 11.9. The van der Waals surface area contributed by atoms with E-state index in [0.717, 1.165) is 5.56 Å². The molecule has 0 amide bonds. The Morgan fingerprint density at radius 1 is 1.44 bits per heavy atom. The summed E-state index contributed by atoms with van der Waals surface area (Å²) in [7, 11) is 1.71. The molecule has 0 saturated heterocycles. The lowest BCUT2D eigenvalue weighted by Gasteiger charge is -2.00. The van der Waals surface area contributed by atoms with Crippen LogP contribution in [0.5, 0.6) is 0 Å². The van der Waals surface area contributed by atoms with Gasteiger partial charge in [-0.15, -0.1) is 0 Å². The molecule has 0 aliphatic rings. The highest BCUT2D eigenvalue weighted by Crippen LogP contribution is 2.27. The Labute approximate surface area is 100 Å². The molecule has 0 unspecified atom stereocenters. The average molecular weight is 285 g/mol. The van der Waals surface area contributed by atoms with Crippen LogP contribution in [-0.4, -0.2) is 14.8 Å². The molecule has 2 aromatic rings. The number of rotatable bonds is 1. The number of anilines is 1. The van der Waals surface area contributed by atoms with Crippen molar-refractivity contribution in [2.75, 3.05) is 5.73 Å². The molecule has 16 heavy (non-hydrogen) atoms. The van der Waals surface area contributed by atoms with Gasteiger partial charge < -0.3 is 5.73 Å². The SMILES string of the molecule is Cc1c(-c2ncc(Br)cc2F)nn(C)c1N. The van der Waals surface area contributed by atoms with Gasteiger partial charge in [0.1, 0.15) is 17.2 Å². The minimum absolute atomic E-state index is 0.216. The third kappa shape index (κ3) is 1.69. The zero-order valence-corrected chi connectivity index (χ0v) is 10.4. The Morgan fingerprint density at radius 2 is 2.12 bits per heavy atom. The molecule has 2 heterocycles. The Hall–Kier alpha value is -1.43. The molecule has 4 nitrogen and oxygen atoms in total. The van der Waals surface area contributed by atoms with E-state index in [0.29, 0.717) is 16.0 Å². The Balaban J connectivity index is 2.63. The molecule has 0 bridgehead atoms. The first-order valence-corrected chi connectivity index (χ1v) is 5.40. The second kappa shape index (κ2) is 3.86. The molecule has 0 spiro atoms. The van der Waals surface area contributed by atoms with E-state index in [1.54, 1.807) is 14.0 Å². The standard InChI is InChI=1S/C10H10BrFN4/c1-5-8(15-16(2)10(5)13)9-7(12)3-6(11)4-14-9/h3-4H,13H2,1-2H3. The molecule has 2 rings (SSSR count). The van der Waals surface area contributed by atoms with Crippen molar-refractivity contribution in [3.63, 3.8) is 0 Å². The van der Waals surface area contributed by atoms with Crippen LogP contribution >= 0.6 is 15.9 Å². The predicted molar refractivity (Wildman–Crippen MR) is 63.2 cm³/mol. The first-order chi connectivity index (χ1) is 7.50. The number of nitrogens with two attached hydrogens (primary N) is 1. The summed E-state index contributed by atoms with van der Waals surface area (Å²) in [5.74, 6) is 0.0923. The van der Waals surface area contributed by atoms with Crippen LogP contribution in [0.4, 0.5) is 10.2 Å². The third-order valence-electron chi connectivity index (χ3n) is 2.37. The fourth-order valence-electron chi connectivity index (χ4n) is 1.46. The van der Waals surface area contributed by atoms with Gasteiger partial charge in [0.05, 0.1) is 0 Å². The lowest BCUT2D eigenvalue weighted by atomic mass is 10.2. The molecule has 2 aromatic heterocycles. The summed E-state index contributed by atoms with van der Waals surface area (Å²) in [6.45, 7) is 1.79. The largest absolute Gasteiger partial charge is 0.384 e. The van der Waals surface area contributed by atoms with E-state index in [1.807, 2.05) is 0 Å². The van der Waals surface area contributed by atoms with Crippen LogP contribution in [0, 0.1) is 12.7 Å². The van der Waals surface area contributed by atoms with Crippen molar-refractivity contribution in [1.82, 2.24) is 14.8 Å². The van der Waals surface area contributed by atoms with Gasteiger partial charge in [0.2, 0.25) is 0 Å². The van der Waals surface area contributed by atoms with Crippen LogP contribution in [0.25, 0.3) is 11.4 Å². The summed E-state index contributed by atoms with van der Waals surface area (Å²) < 4.78 is 15.8. The zero-order valence-electron chi connectivity index (χ0n) is 8.83. The number of pyridine rings is 1. The summed E-state index contributed by atoms with van der Waals surface area (Å²) in [5.41, 5.74) is 7.19. The minimum Gasteiger partial charge on any atom is -0.384 e. The van der Waals surface area contributed by atoms with Gasteiger partial charge in [-0.1, -0.05) is 0 Å². The summed E-state index contributed by atoms with van der Waals surface area (Å²) in [6.07, 6.45) is 1.53. The highest BCUT2D eigenvalue weighted by molar-refractivity contribution is 9.10. The topological polar surface area (TPSA) is 56.7 Å². The number of halogens is 2. The van der Waals surface area contributed by atoms with Gasteiger partial charge in [0.15, 0.2) is 5.82 Å². The molecule has 0 aliphatic carbocycles. The number of aryl methyl sites for hydroxylation is 1. The maximum absolute atomic E-state index is 13.7. The lowest BCUT2D eigenvalue weighted by Crippen LogP contribution is -1.97. The number of nitrogen functional groups attached to an aromatic ring is 1. The number of aromatic nitrogens is 3. The number of nitrogens with zero attached hydrogens (tertiary/aromatic N) is 3. The predicted octanol–water partition coefficient (Wildman–Crippen LogP) is 2.27. The molecular weight excluding hydrogens is 275 g/mol. The van der Waals surface area contributed by atoms with E-state index in [4.69, 9.17) is 5.73 Å². The summed E-state index contributed by atoms with van der Waals surface area (Å²) in [5, 5.41) is 4.14. The van der Waals surface area contributed by atoms with Crippen LogP contribution in [-0.2, 0) is 7.05 Å². The first kappa shape index (κ1) is 11.1. The second-order valence-electron chi connectivity index (χ2n) is 3.47. The monoisotopic (exact) mass is 284 g/mol. The number of hydrogen-bond acceptors (Lipinski definition) is 3. The van der Waals surface area contributed by atoms with Gasteiger partial charge in [-0.3, -0.25) is 9.67 Å². The van der Waals surface area contributed by atoms with E-state index in [1.165, 1.54) is 16.9 Å². The van der Waals surface area contributed by atoms with Gasteiger partial charge in [-0.25, -0.2) is 4.39 Å². The van der Waals surface area contributed by atoms with E-state index < -0.39 is 5.82 Å². The molecule has 6 heteroatoms. The van der Waals surface area contributed by atoms with Gasteiger partial charge in [-0.2, -0.15) is 5.10 Å². The van der Waals surface area contributed by atoms with Gasteiger partial charge in [0.25, 0.3) is 0 Å². The van der Waals surface area contributed by atoms with E-state index >= 15 is 0 Å². The molecular formula is C10H10BrFN4. The van der Waals surface area contributed by atoms with Crippen molar-refractivity contribution >= 4 is 21.7 Å². The van der Waals surface area contributed by atoms with Crippen molar-refractivity contribution in [3.05, 3.63) is 28.1 Å².